The van der Waals surface area contributed by atoms with E-state index in [1.165, 1.54) is 0 Å². The second-order valence-corrected chi connectivity index (χ2v) is 7.64. The molecule has 154 valence electrons. The van der Waals surface area contributed by atoms with Gasteiger partial charge >= 0.3 is 0 Å². The highest BCUT2D eigenvalue weighted by molar-refractivity contribution is 7.80. The predicted octanol–water partition coefficient (Wildman–Crippen LogP) is 3.97. The Morgan fingerprint density at radius 2 is 2.00 bits per heavy atom. The molecule has 3 aromatic rings. The third kappa shape index (κ3) is 4.21. The van der Waals surface area contributed by atoms with E-state index >= 15 is 0 Å². The van der Waals surface area contributed by atoms with Gasteiger partial charge in [-0.3, -0.25) is 9.78 Å². The quantitative estimate of drug-likeness (QED) is 0.506. The number of rotatable bonds is 7. The Morgan fingerprint density at radius 3 is 2.73 bits per heavy atom. The second-order valence-electron chi connectivity index (χ2n) is 7.25. The monoisotopic (exact) mass is 419 g/mol. The minimum Gasteiger partial charge on any atom is -0.363 e. The number of carbonyl (C=O) groups excluding carboxylic acids is 1. The Labute approximate surface area is 181 Å². The molecule has 0 spiro atoms. The predicted molar refractivity (Wildman–Crippen MR) is 122 cm³/mol. The lowest BCUT2D eigenvalue weighted by Crippen LogP contribution is -2.32. The van der Waals surface area contributed by atoms with E-state index in [0.717, 1.165) is 29.1 Å². The molecule has 1 fully saturated rings. The van der Waals surface area contributed by atoms with Crippen LogP contribution in [0.4, 0.5) is 5.69 Å². The van der Waals surface area contributed by atoms with Crippen LogP contribution in [-0.2, 0) is 11.2 Å². The Hall–Kier alpha value is -3.19. The number of aryl methyl sites for hydroxylation is 1. The average molecular weight is 420 g/mol. The molecule has 0 aliphatic carbocycles. The molecule has 3 N–H and O–H groups in total. The van der Waals surface area contributed by atoms with Gasteiger partial charge in [0.2, 0.25) is 5.91 Å². The molecule has 2 atom stereocenters. The molecular weight excluding hydrogens is 394 g/mol. The summed E-state index contributed by atoms with van der Waals surface area (Å²) in [6, 6.07) is 17.6. The minimum atomic E-state index is -0.0822. The van der Waals surface area contributed by atoms with Crippen molar-refractivity contribution in [3.63, 3.8) is 0 Å². The maximum Gasteiger partial charge on any atom is 0.226 e. The van der Waals surface area contributed by atoms with Crippen molar-refractivity contribution in [2.24, 2.45) is 0 Å². The molecule has 4 rings (SSSR count). The fraction of sp³-hybridized carbons (Fsp3) is 0.261. The van der Waals surface area contributed by atoms with E-state index in [1.807, 2.05) is 60.8 Å². The molecule has 1 amide bonds. The van der Waals surface area contributed by atoms with Crippen molar-refractivity contribution in [1.29, 1.82) is 0 Å². The van der Waals surface area contributed by atoms with Crippen molar-refractivity contribution in [3.05, 3.63) is 83.9 Å². The number of H-pyrrole nitrogens is 1. The number of pyridine rings is 1. The van der Waals surface area contributed by atoms with E-state index in [4.69, 9.17) is 12.2 Å². The zero-order valence-corrected chi connectivity index (χ0v) is 17.7. The number of nitrogens with zero attached hydrogens (tertiary/aromatic N) is 2. The van der Waals surface area contributed by atoms with E-state index in [2.05, 4.69) is 32.4 Å². The van der Waals surface area contributed by atoms with Crippen LogP contribution in [0, 0.1) is 0 Å². The summed E-state index contributed by atoms with van der Waals surface area (Å²) in [6.45, 7) is 2.59. The number of carbonyl (C=O) groups is 1. The smallest absolute Gasteiger partial charge is 0.226 e. The van der Waals surface area contributed by atoms with Crippen molar-refractivity contribution in [1.82, 2.24) is 20.2 Å². The highest BCUT2D eigenvalue weighted by Crippen LogP contribution is 2.37. The van der Waals surface area contributed by atoms with Gasteiger partial charge in [-0.15, -0.1) is 0 Å². The van der Waals surface area contributed by atoms with E-state index in [1.54, 1.807) is 6.20 Å². The molecule has 0 bridgehead atoms. The van der Waals surface area contributed by atoms with Crippen LogP contribution in [0.5, 0.6) is 0 Å². The summed E-state index contributed by atoms with van der Waals surface area (Å²) in [5, 5.41) is 7.07. The molecule has 7 heteroatoms. The van der Waals surface area contributed by atoms with Crippen LogP contribution >= 0.6 is 12.2 Å². The molecule has 1 aliphatic heterocycles. The molecular formula is C23H25N5OS. The molecule has 0 saturated carbocycles. The normalized spacial score (nSPS) is 18.3. The fourth-order valence-electron chi connectivity index (χ4n) is 3.90. The molecule has 1 aromatic carbocycles. The number of aromatic nitrogens is 2. The van der Waals surface area contributed by atoms with Gasteiger partial charge in [0, 0.05) is 36.7 Å². The largest absolute Gasteiger partial charge is 0.363 e. The van der Waals surface area contributed by atoms with Gasteiger partial charge in [0.15, 0.2) is 5.11 Å². The highest BCUT2D eigenvalue weighted by Gasteiger charge is 2.40. The van der Waals surface area contributed by atoms with Gasteiger partial charge < -0.3 is 20.5 Å². The summed E-state index contributed by atoms with van der Waals surface area (Å²) in [5.41, 5.74) is 3.96. The van der Waals surface area contributed by atoms with Crippen LogP contribution in [-0.4, -0.2) is 32.4 Å². The summed E-state index contributed by atoms with van der Waals surface area (Å²) < 4.78 is 0. The van der Waals surface area contributed by atoms with Crippen molar-refractivity contribution >= 4 is 28.9 Å². The van der Waals surface area contributed by atoms with Gasteiger partial charge in [-0.1, -0.05) is 31.2 Å². The Kier molecular flexibility index (Phi) is 6.09. The summed E-state index contributed by atoms with van der Waals surface area (Å²) in [7, 11) is 0. The van der Waals surface area contributed by atoms with Crippen LogP contribution < -0.4 is 10.6 Å². The Bertz CT molecular complexity index is 1010. The van der Waals surface area contributed by atoms with Crippen LogP contribution in [0.15, 0.2) is 67.0 Å². The first-order valence-corrected chi connectivity index (χ1v) is 10.6. The fourth-order valence-corrected chi connectivity index (χ4v) is 4.23. The highest BCUT2D eigenvalue weighted by atomic mass is 32.1. The first-order valence-electron chi connectivity index (χ1n) is 10.2. The van der Waals surface area contributed by atoms with E-state index in [0.29, 0.717) is 18.1 Å². The topological polar surface area (TPSA) is 73.1 Å². The molecule has 6 nitrogen and oxygen atoms in total. The van der Waals surface area contributed by atoms with Crippen molar-refractivity contribution in [3.8, 4) is 0 Å². The van der Waals surface area contributed by atoms with Gasteiger partial charge in [-0.05, 0) is 54.5 Å². The van der Waals surface area contributed by atoms with Crippen molar-refractivity contribution in [2.45, 2.75) is 31.8 Å². The third-order valence-electron chi connectivity index (χ3n) is 5.39. The molecule has 0 radical (unpaired) electrons. The number of anilines is 1. The lowest BCUT2D eigenvalue weighted by molar-refractivity contribution is -0.116. The number of thiocarbonyl (C=S) groups is 1. The maximum atomic E-state index is 12.7. The van der Waals surface area contributed by atoms with E-state index in [9.17, 15) is 4.79 Å². The zero-order chi connectivity index (χ0) is 20.9. The number of para-hydroxylation sites is 1. The number of benzene rings is 1. The maximum absolute atomic E-state index is 12.7. The molecule has 30 heavy (non-hydrogen) atoms. The average Bonchev–Trinajstić information content (AvgIpc) is 3.41. The Balaban J connectivity index is 1.49. The van der Waals surface area contributed by atoms with Gasteiger partial charge in [0.1, 0.15) is 0 Å². The first-order chi connectivity index (χ1) is 14.7. The zero-order valence-electron chi connectivity index (χ0n) is 16.8. The number of nitrogens with one attached hydrogen (secondary N) is 3. The minimum absolute atomic E-state index is 0.0229. The van der Waals surface area contributed by atoms with Gasteiger partial charge in [0.25, 0.3) is 0 Å². The van der Waals surface area contributed by atoms with Crippen molar-refractivity contribution in [2.75, 3.05) is 11.9 Å². The van der Waals surface area contributed by atoms with Crippen molar-refractivity contribution < 1.29 is 4.79 Å². The first kappa shape index (κ1) is 20.1. The number of hydrogen-bond donors (Lipinski definition) is 3. The van der Waals surface area contributed by atoms with Crippen LogP contribution in [0.3, 0.4) is 0 Å². The molecule has 1 saturated heterocycles. The Morgan fingerprint density at radius 1 is 1.17 bits per heavy atom. The summed E-state index contributed by atoms with van der Waals surface area (Å²) in [5.74, 6) is -0.0229. The van der Waals surface area contributed by atoms with Crippen LogP contribution in [0.1, 0.15) is 42.4 Å². The van der Waals surface area contributed by atoms with E-state index < -0.39 is 0 Å². The van der Waals surface area contributed by atoms with Gasteiger partial charge in [-0.25, -0.2) is 0 Å². The molecule has 2 aromatic heterocycles. The number of aromatic amines is 1. The summed E-state index contributed by atoms with van der Waals surface area (Å²) >= 11 is 5.63. The summed E-state index contributed by atoms with van der Waals surface area (Å²) in [6.07, 6.45) is 4.90. The second kappa shape index (κ2) is 9.09. The lowest BCUT2D eigenvalue weighted by atomic mass is 10.0. The van der Waals surface area contributed by atoms with Gasteiger partial charge in [0.05, 0.1) is 17.8 Å². The number of hydrogen-bond acceptors (Lipinski definition) is 3. The number of amides is 1. The lowest BCUT2D eigenvalue weighted by Gasteiger charge is -2.26. The summed E-state index contributed by atoms with van der Waals surface area (Å²) in [4.78, 5) is 22.6. The van der Waals surface area contributed by atoms with Crippen LogP contribution in [0.2, 0.25) is 0 Å². The molecule has 3 heterocycles. The SMILES string of the molecule is CCc1ccccc1NC(=O)CCN1C(=S)N[C@@H](c2ccccn2)[C@@H]1c1ccc[nH]1. The van der Waals surface area contributed by atoms with Crippen LogP contribution in [0.25, 0.3) is 0 Å². The van der Waals surface area contributed by atoms with Gasteiger partial charge in [-0.2, -0.15) is 0 Å². The van der Waals surface area contributed by atoms with E-state index in [-0.39, 0.29) is 18.0 Å². The molecule has 0 unspecified atom stereocenters. The molecule has 1 aliphatic rings. The standard InChI is InChI=1S/C23H25N5OS/c1-2-16-8-3-4-9-17(16)26-20(29)12-15-28-22(19-11-7-14-25-19)21(27-23(28)30)18-10-5-6-13-24-18/h3-11,13-14,21-22,25H,2,12,15H2,1H3,(H,26,29)(H,27,30)/t21-,22-/m0/s1. The third-order valence-corrected chi connectivity index (χ3v) is 5.74.